The van der Waals surface area contributed by atoms with Crippen molar-refractivity contribution in [3.8, 4) is 0 Å². The molecule has 0 saturated carbocycles. The molecule has 1 N–H and O–H groups in total. The monoisotopic (exact) mass is 435 g/mol. The van der Waals surface area contributed by atoms with Gasteiger partial charge in [0.1, 0.15) is 0 Å². The molecule has 0 amide bonds. The van der Waals surface area contributed by atoms with Gasteiger partial charge in [-0.25, -0.2) is 8.42 Å². The molecular formula is C17H17BrF3NO2S. The number of alkyl halides is 3. The second-order valence-electron chi connectivity index (χ2n) is 6.57. The van der Waals surface area contributed by atoms with Crippen LogP contribution < -0.4 is 4.72 Å². The molecule has 0 aliphatic heterocycles. The number of nitrogens with one attached hydrogen (secondary N) is 1. The first-order valence-electron chi connectivity index (χ1n) is 7.31. The van der Waals surface area contributed by atoms with Gasteiger partial charge in [0.2, 0.25) is 0 Å². The number of halogens is 4. The second kappa shape index (κ2) is 6.64. The zero-order chi connectivity index (χ0) is 19.0. The van der Waals surface area contributed by atoms with Gasteiger partial charge in [0.05, 0.1) is 10.5 Å². The molecule has 136 valence electrons. The Labute approximate surface area is 153 Å². The summed E-state index contributed by atoms with van der Waals surface area (Å²) in [5, 5.41) is 0. The molecule has 0 heterocycles. The maximum Gasteiger partial charge on any atom is 0.417 e. The first-order chi connectivity index (χ1) is 11.3. The van der Waals surface area contributed by atoms with E-state index in [1.54, 1.807) is 12.1 Å². The predicted molar refractivity (Wildman–Crippen MR) is 95.1 cm³/mol. The lowest BCUT2D eigenvalue weighted by Gasteiger charge is -2.19. The molecule has 0 unspecified atom stereocenters. The van der Waals surface area contributed by atoms with Gasteiger partial charge in [0.25, 0.3) is 10.0 Å². The van der Waals surface area contributed by atoms with Crippen LogP contribution >= 0.6 is 15.9 Å². The van der Waals surface area contributed by atoms with Gasteiger partial charge >= 0.3 is 6.18 Å². The lowest BCUT2D eigenvalue weighted by molar-refractivity contribution is -0.138. The second-order valence-corrected chi connectivity index (χ2v) is 9.11. The van der Waals surface area contributed by atoms with Crippen molar-refractivity contribution in [2.75, 3.05) is 4.72 Å². The molecule has 2 rings (SSSR count). The van der Waals surface area contributed by atoms with Crippen molar-refractivity contribution in [1.82, 2.24) is 0 Å². The SMILES string of the molecule is CC(C)(C)c1ccc(S(=O)(=O)Nc2ccc(Br)c(C(F)(F)F)c2)cc1. The van der Waals surface area contributed by atoms with Crippen LogP contribution in [0.4, 0.5) is 18.9 Å². The van der Waals surface area contributed by atoms with Gasteiger partial charge in [-0.15, -0.1) is 0 Å². The van der Waals surface area contributed by atoms with Crippen LogP contribution in [0.2, 0.25) is 0 Å². The molecule has 25 heavy (non-hydrogen) atoms. The fourth-order valence-corrected chi connectivity index (χ4v) is 3.68. The molecule has 0 aliphatic rings. The summed E-state index contributed by atoms with van der Waals surface area (Å²) < 4.78 is 65.6. The number of rotatable bonds is 3. The number of sulfonamides is 1. The first kappa shape index (κ1) is 19.8. The number of benzene rings is 2. The van der Waals surface area contributed by atoms with Crippen molar-refractivity contribution in [1.29, 1.82) is 0 Å². The van der Waals surface area contributed by atoms with Crippen molar-refractivity contribution >= 4 is 31.6 Å². The van der Waals surface area contributed by atoms with E-state index in [-0.39, 0.29) is 20.5 Å². The highest BCUT2D eigenvalue weighted by molar-refractivity contribution is 9.10. The molecule has 0 bridgehead atoms. The fraction of sp³-hybridized carbons (Fsp3) is 0.294. The van der Waals surface area contributed by atoms with Crippen LogP contribution in [0.25, 0.3) is 0 Å². The third kappa shape index (κ3) is 4.76. The van der Waals surface area contributed by atoms with Crippen molar-refractivity contribution in [3.05, 3.63) is 58.1 Å². The van der Waals surface area contributed by atoms with Crippen molar-refractivity contribution < 1.29 is 21.6 Å². The van der Waals surface area contributed by atoms with Crippen LogP contribution in [0, 0.1) is 0 Å². The minimum absolute atomic E-state index is 0.0167. The quantitative estimate of drug-likeness (QED) is 0.684. The maximum atomic E-state index is 12.9. The Morgan fingerprint density at radius 1 is 0.960 bits per heavy atom. The first-order valence-corrected chi connectivity index (χ1v) is 9.58. The lowest BCUT2D eigenvalue weighted by Crippen LogP contribution is -2.15. The molecular weight excluding hydrogens is 419 g/mol. The van der Waals surface area contributed by atoms with E-state index < -0.39 is 21.8 Å². The summed E-state index contributed by atoms with van der Waals surface area (Å²) >= 11 is 2.82. The van der Waals surface area contributed by atoms with E-state index in [1.165, 1.54) is 18.2 Å². The van der Waals surface area contributed by atoms with Crippen LogP contribution in [0.3, 0.4) is 0 Å². The van der Waals surface area contributed by atoms with E-state index in [9.17, 15) is 21.6 Å². The number of hydrogen-bond donors (Lipinski definition) is 1. The summed E-state index contributed by atoms with van der Waals surface area (Å²) in [5.74, 6) is 0. The van der Waals surface area contributed by atoms with Crippen LogP contribution in [0.1, 0.15) is 31.9 Å². The topological polar surface area (TPSA) is 46.2 Å². The molecule has 3 nitrogen and oxygen atoms in total. The van der Waals surface area contributed by atoms with Crippen molar-refractivity contribution in [3.63, 3.8) is 0 Å². The minimum atomic E-state index is -4.59. The summed E-state index contributed by atoms with van der Waals surface area (Å²) in [4.78, 5) is -0.0167. The molecule has 0 fully saturated rings. The summed E-state index contributed by atoms with van der Waals surface area (Å²) in [5.41, 5.74) is -0.288. The highest BCUT2D eigenvalue weighted by Gasteiger charge is 2.33. The van der Waals surface area contributed by atoms with E-state index in [2.05, 4.69) is 20.7 Å². The Balaban J connectivity index is 2.33. The van der Waals surface area contributed by atoms with Gasteiger partial charge in [-0.2, -0.15) is 13.2 Å². The van der Waals surface area contributed by atoms with Gasteiger partial charge in [0, 0.05) is 10.2 Å². The van der Waals surface area contributed by atoms with Crippen LogP contribution in [-0.4, -0.2) is 8.42 Å². The van der Waals surface area contributed by atoms with E-state index in [0.29, 0.717) is 0 Å². The van der Waals surface area contributed by atoms with E-state index >= 15 is 0 Å². The molecule has 0 atom stereocenters. The predicted octanol–water partition coefficient (Wildman–Crippen LogP) is 5.57. The van der Waals surface area contributed by atoms with Crippen molar-refractivity contribution in [2.24, 2.45) is 0 Å². The molecule has 2 aromatic carbocycles. The highest BCUT2D eigenvalue weighted by atomic mass is 79.9. The summed E-state index contributed by atoms with van der Waals surface area (Å²) in [7, 11) is -3.98. The summed E-state index contributed by atoms with van der Waals surface area (Å²) in [6.07, 6.45) is -4.59. The average molecular weight is 436 g/mol. The molecule has 8 heteroatoms. The highest BCUT2D eigenvalue weighted by Crippen LogP contribution is 2.36. The Hall–Kier alpha value is -1.54. The van der Waals surface area contributed by atoms with E-state index in [0.717, 1.165) is 17.7 Å². The van der Waals surface area contributed by atoms with Crippen LogP contribution in [0.15, 0.2) is 51.8 Å². The average Bonchev–Trinajstić information content (AvgIpc) is 2.47. The maximum absolute atomic E-state index is 12.9. The molecule has 0 aliphatic carbocycles. The molecule has 2 aromatic rings. The third-order valence-electron chi connectivity index (χ3n) is 3.55. The zero-order valence-corrected chi connectivity index (χ0v) is 16.2. The molecule has 0 aromatic heterocycles. The fourth-order valence-electron chi connectivity index (χ4n) is 2.15. The Bertz CT molecular complexity index is 870. The van der Waals surface area contributed by atoms with Gasteiger partial charge < -0.3 is 0 Å². The molecule has 0 radical (unpaired) electrons. The van der Waals surface area contributed by atoms with Gasteiger partial charge in [-0.3, -0.25) is 4.72 Å². The summed E-state index contributed by atoms with van der Waals surface area (Å²) in [6, 6.07) is 9.43. The normalized spacial score (nSPS) is 12.9. The largest absolute Gasteiger partial charge is 0.417 e. The smallest absolute Gasteiger partial charge is 0.280 e. The van der Waals surface area contributed by atoms with E-state index in [1.807, 2.05) is 20.8 Å². The van der Waals surface area contributed by atoms with Gasteiger partial charge in [-0.05, 0) is 41.3 Å². The lowest BCUT2D eigenvalue weighted by atomic mass is 9.87. The van der Waals surface area contributed by atoms with Crippen LogP contribution in [0.5, 0.6) is 0 Å². The standard InChI is InChI=1S/C17H17BrF3NO2S/c1-16(2,3)11-4-7-13(8-5-11)25(23,24)22-12-6-9-15(18)14(10-12)17(19,20)21/h4-10,22H,1-3H3. The summed E-state index contributed by atoms with van der Waals surface area (Å²) in [6.45, 7) is 5.99. The minimum Gasteiger partial charge on any atom is -0.280 e. The zero-order valence-electron chi connectivity index (χ0n) is 13.8. The number of anilines is 1. The molecule has 0 spiro atoms. The Morgan fingerprint density at radius 3 is 2.00 bits per heavy atom. The van der Waals surface area contributed by atoms with Gasteiger partial charge in [-0.1, -0.05) is 48.8 Å². The van der Waals surface area contributed by atoms with Gasteiger partial charge in [0.15, 0.2) is 0 Å². The third-order valence-corrected chi connectivity index (χ3v) is 5.64. The van der Waals surface area contributed by atoms with Crippen molar-refractivity contribution in [2.45, 2.75) is 37.3 Å². The Kier molecular flexibility index (Phi) is 5.26. The molecule has 0 saturated heterocycles. The number of hydrogen-bond acceptors (Lipinski definition) is 2. The Morgan fingerprint density at radius 2 is 1.52 bits per heavy atom. The van der Waals surface area contributed by atoms with E-state index in [4.69, 9.17) is 0 Å². The van der Waals surface area contributed by atoms with Crippen LogP contribution in [-0.2, 0) is 21.6 Å².